The number of rotatable bonds is 2. The molecule has 0 atom stereocenters. The van der Waals surface area contributed by atoms with Gasteiger partial charge in [0, 0.05) is 18.8 Å². The molecule has 0 saturated carbocycles. The summed E-state index contributed by atoms with van der Waals surface area (Å²) in [4.78, 5) is 17.9. The predicted molar refractivity (Wildman–Crippen MR) is 68.1 cm³/mol. The van der Waals surface area contributed by atoms with Crippen molar-refractivity contribution in [1.29, 1.82) is 0 Å². The molecule has 1 aromatic heterocycles. The fraction of sp³-hybridized carbons (Fsp3) is 0.143. The Bertz CT molecular complexity index is 523. The van der Waals surface area contributed by atoms with Crippen LogP contribution < -0.4 is 4.90 Å². The SMILES string of the molecule is Cc1ccncc1N(C)C(=O)c1ccccc1. The first-order valence-corrected chi connectivity index (χ1v) is 5.44. The van der Waals surface area contributed by atoms with Crippen molar-refractivity contribution in [2.24, 2.45) is 0 Å². The summed E-state index contributed by atoms with van der Waals surface area (Å²) < 4.78 is 0. The third-order valence-electron chi connectivity index (χ3n) is 2.70. The fourth-order valence-corrected chi connectivity index (χ4v) is 1.69. The number of hydrogen-bond donors (Lipinski definition) is 0. The Labute approximate surface area is 101 Å². The molecule has 86 valence electrons. The molecule has 0 aliphatic heterocycles. The Morgan fingerprint density at radius 2 is 1.88 bits per heavy atom. The predicted octanol–water partition coefficient (Wildman–Crippen LogP) is 2.67. The summed E-state index contributed by atoms with van der Waals surface area (Å²) in [5, 5.41) is 0. The topological polar surface area (TPSA) is 33.2 Å². The van der Waals surface area contributed by atoms with E-state index in [9.17, 15) is 4.79 Å². The second kappa shape index (κ2) is 4.78. The summed E-state index contributed by atoms with van der Waals surface area (Å²) in [7, 11) is 1.76. The van der Waals surface area contributed by atoms with Crippen LogP contribution in [0.2, 0.25) is 0 Å². The van der Waals surface area contributed by atoms with Gasteiger partial charge in [-0.2, -0.15) is 0 Å². The first-order chi connectivity index (χ1) is 8.20. The Kier molecular flexibility index (Phi) is 3.19. The summed E-state index contributed by atoms with van der Waals surface area (Å²) in [6.07, 6.45) is 3.43. The number of aryl methyl sites for hydroxylation is 1. The van der Waals surface area contributed by atoms with E-state index in [2.05, 4.69) is 4.98 Å². The average molecular weight is 226 g/mol. The van der Waals surface area contributed by atoms with E-state index >= 15 is 0 Å². The molecule has 0 aliphatic rings. The van der Waals surface area contributed by atoms with Crippen molar-refractivity contribution in [2.75, 3.05) is 11.9 Å². The van der Waals surface area contributed by atoms with Crippen LogP contribution in [-0.2, 0) is 0 Å². The standard InChI is InChI=1S/C14H14N2O/c1-11-8-9-15-10-13(11)16(2)14(17)12-6-4-3-5-7-12/h3-10H,1-2H3. The number of nitrogens with zero attached hydrogens (tertiary/aromatic N) is 2. The van der Waals surface area contributed by atoms with Crippen molar-refractivity contribution < 1.29 is 4.79 Å². The van der Waals surface area contributed by atoms with Gasteiger partial charge in [0.25, 0.3) is 5.91 Å². The lowest BCUT2D eigenvalue weighted by Crippen LogP contribution is -2.26. The lowest BCUT2D eigenvalue weighted by Gasteiger charge is -2.18. The average Bonchev–Trinajstić information content (AvgIpc) is 2.39. The molecule has 0 radical (unpaired) electrons. The van der Waals surface area contributed by atoms with Gasteiger partial charge < -0.3 is 4.90 Å². The van der Waals surface area contributed by atoms with E-state index in [0.29, 0.717) is 5.56 Å². The van der Waals surface area contributed by atoms with Gasteiger partial charge in [-0.25, -0.2) is 0 Å². The molecule has 3 nitrogen and oxygen atoms in total. The number of carbonyl (C=O) groups is 1. The van der Waals surface area contributed by atoms with E-state index in [1.807, 2.05) is 43.3 Å². The van der Waals surface area contributed by atoms with Crippen LogP contribution in [0.5, 0.6) is 0 Å². The van der Waals surface area contributed by atoms with Crippen molar-refractivity contribution in [1.82, 2.24) is 4.98 Å². The molecule has 0 aliphatic carbocycles. The number of anilines is 1. The lowest BCUT2D eigenvalue weighted by molar-refractivity contribution is 0.0993. The first-order valence-electron chi connectivity index (χ1n) is 5.44. The van der Waals surface area contributed by atoms with Gasteiger partial charge >= 0.3 is 0 Å². The molecule has 0 N–H and O–H groups in total. The van der Waals surface area contributed by atoms with Gasteiger partial charge in [0.2, 0.25) is 0 Å². The second-order valence-corrected chi connectivity index (χ2v) is 3.89. The van der Waals surface area contributed by atoms with Crippen molar-refractivity contribution in [3.8, 4) is 0 Å². The second-order valence-electron chi connectivity index (χ2n) is 3.89. The van der Waals surface area contributed by atoms with Crippen LogP contribution in [0.3, 0.4) is 0 Å². The van der Waals surface area contributed by atoms with Gasteiger partial charge in [-0.3, -0.25) is 9.78 Å². The number of benzene rings is 1. The molecule has 0 unspecified atom stereocenters. The zero-order chi connectivity index (χ0) is 12.3. The molecule has 1 heterocycles. The van der Waals surface area contributed by atoms with Crippen LogP contribution in [0.4, 0.5) is 5.69 Å². The summed E-state index contributed by atoms with van der Waals surface area (Å²) in [6, 6.07) is 11.1. The van der Waals surface area contributed by atoms with E-state index in [-0.39, 0.29) is 5.91 Å². The normalized spacial score (nSPS) is 10.0. The van der Waals surface area contributed by atoms with Gasteiger partial charge in [0.15, 0.2) is 0 Å². The third-order valence-corrected chi connectivity index (χ3v) is 2.70. The Morgan fingerprint density at radius 3 is 2.53 bits per heavy atom. The Morgan fingerprint density at radius 1 is 1.18 bits per heavy atom. The first kappa shape index (κ1) is 11.3. The quantitative estimate of drug-likeness (QED) is 0.788. The Balaban J connectivity index is 2.30. The molecule has 17 heavy (non-hydrogen) atoms. The van der Waals surface area contributed by atoms with E-state index in [1.165, 1.54) is 0 Å². The number of aromatic nitrogens is 1. The minimum atomic E-state index is -0.0262. The molecule has 0 bridgehead atoms. The molecule has 3 heteroatoms. The van der Waals surface area contributed by atoms with Crippen LogP contribution in [0.25, 0.3) is 0 Å². The molecular weight excluding hydrogens is 212 g/mol. The van der Waals surface area contributed by atoms with Gasteiger partial charge in [0.05, 0.1) is 11.9 Å². The van der Waals surface area contributed by atoms with Crippen LogP contribution in [-0.4, -0.2) is 17.9 Å². The maximum atomic E-state index is 12.2. The number of pyridine rings is 1. The smallest absolute Gasteiger partial charge is 0.258 e. The monoisotopic (exact) mass is 226 g/mol. The largest absolute Gasteiger partial charge is 0.310 e. The van der Waals surface area contributed by atoms with Crippen LogP contribution in [0, 0.1) is 6.92 Å². The van der Waals surface area contributed by atoms with Gasteiger partial charge in [0.1, 0.15) is 0 Å². The summed E-state index contributed by atoms with van der Waals surface area (Å²) in [6.45, 7) is 1.96. The number of amides is 1. The fourth-order valence-electron chi connectivity index (χ4n) is 1.69. The summed E-state index contributed by atoms with van der Waals surface area (Å²) >= 11 is 0. The zero-order valence-electron chi connectivity index (χ0n) is 9.92. The van der Waals surface area contributed by atoms with Gasteiger partial charge in [-0.1, -0.05) is 18.2 Å². The number of carbonyl (C=O) groups excluding carboxylic acids is 1. The highest BCUT2D eigenvalue weighted by atomic mass is 16.2. The van der Waals surface area contributed by atoms with Gasteiger partial charge in [-0.05, 0) is 30.7 Å². The van der Waals surface area contributed by atoms with Crippen LogP contribution in [0.1, 0.15) is 15.9 Å². The summed E-state index contributed by atoms with van der Waals surface area (Å²) in [5.41, 5.74) is 2.55. The molecule has 0 spiro atoms. The lowest BCUT2D eigenvalue weighted by atomic mass is 10.2. The minimum Gasteiger partial charge on any atom is -0.310 e. The maximum Gasteiger partial charge on any atom is 0.258 e. The van der Waals surface area contributed by atoms with Crippen molar-refractivity contribution in [3.05, 3.63) is 59.9 Å². The Hall–Kier alpha value is -2.16. The van der Waals surface area contributed by atoms with Crippen molar-refractivity contribution >= 4 is 11.6 Å². The van der Waals surface area contributed by atoms with Gasteiger partial charge in [-0.15, -0.1) is 0 Å². The highest BCUT2D eigenvalue weighted by Gasteiger charge is 2.14. The van der Waals surface area contributed by atoms with Crippen molar-refractivity contribution in [3.63, 3.8) is 0 Å². The van der Waals surface area contributed by atoms with Crippen molar-refractivity contribution in [2.45, 2.75) is 6.92 Å². The van der Waals surface area contributed by atoms with E-state index in [0.717, 1.165) is 11.3 Å². The zero-order valence-corrected chi connectivity index (χ0v) is 9.92. The molecule has 2 aromatic rings. The molecular formula is C14H14N2O. The van der Waals surface area contributed by atoms with E-state index < -0.39 is 0 Å². The number of hydrogen-bond acceptors (Lipinski definition) is 2. The third kappa shape index (κ3) is 2.33. The van der Waals surface area contributed by atoms with Crippen LogP contribution >= 0.6 is 0 Å². The maximum absolute atomic E-state index is 12.2. The van der Waals surface area contributed by atoms with Crippen LogP contribution in [0.15, 0.2) is 48.8 Å². The highest BCUT2D eigenvalue weighted by molar-refractivity contribution is 6.05. The molecule has 2 rings (SSSR count). The molecule has 0 saturated heterocycles. The molecule has 1 amide bonds. The molecule has 0 fully saturated rings. The van der Waals surface area contributed by atoms with E-state index in [4.69, 9.17) is 0 Å². The summed E-state index contributed by atoms with van der Waals surface area (Å²) in [5.74, 6) is -0.0262. The van der Waals surface area contributed by atoms with E-state index in [1.54, 1.807) is 24.3 Å². The minimum absolute atomic E-state index is 0.0262. The molecule has 1 aromatic carbocycles. The highest BCUT2D eigenvalue weighted by Crippen LogP contribution is 2.18.